The van der Waals surface area contributed by atoms with E-state index in [0.717, 1.165) is 12.2 Å². The van der Waals surface area contributed by atoms with Crippen LogP contribution in [0.5, 0.6) is 0 Å². The first-order chi connectivity index (χ1) is 10.1. The Hall–Kier alpha value is -2.07. The molecular weight excluding hydrogens is 262 g/mol. The Morgan fingerprint density at radius 3 is 2.33 bits per heavy atom. The third-order valence-corrected chi connectivity index (χ3v) is 4.23. The van der Waals surface area contributed by atoms with E-state index < -0.39 is 0 Å². The minimum absolute atomic E-state index is 0.00396. The summed E-state index contributed by atoms with van der Waals surface area (Å²) in [7, 11) is 0. The van der Waals surface area contributed by atoms with Crippen molar-refractivity contribution in [1.82, 2.24) is 9.97 Å². The smallest absolute Gasteiger partial charge is 0.179 e. The summed E-state index contributed by atoms with van der Waals surface area (Å²) in [5.74, 6) is 0.669. The number of nitrogens with zero attached hydrogens (tertiary/aromatic N) is 2. The molecule has 2 aromatic rings. The molecule has 0 atom stereocenters. The second-order valence-corrected chi connectivity index (χ2v) is 5.84. The molecule has 1 aliphatic carbocycles. The number of aromatic nitrogens is 2. The number of carbonyl (C=O) groups is 1. The summed E-state index contributed by atoms with van der Waals surface area (Å²) >= 11 is 0. The average Bonchev–Trinajstić information content (AvgIpc) is 3.28. The molecule has 3 rings (SSSR count). The first-order valence-corrected chi connectivity index (χ1v) is 7.24. The summed E-state index contributed by atoms with van der Waals surface area (Å²) in [6.07, 6.45) is 6.34. The standard InChI is InChI=1S/C17H19N3O/c1-12-2-4-14(5-3-12)17(6-7-17)8-16-19-10-13(11-20-16)15(21)9-18/h2-5,10-11H,6-9,18H2,1H3. The van der Waals surface area contributed by atoms with Crippen LogP contribution in [0.2, 0.25) is 0 Å². The molecule has 1 aliphatic rings. The molecule has 0 saturated heterocycles. The van der Waals surface area contributed by atoms with E-state index in [2.05, 4.69) is 41.2 Å². The molecule has 1 aromatic carbocycles. The Morgan fingerprint density at radius 1 is 1.19 bits per heavy atom. The second kappa shape index (κ2) is 5.37. The number of rotatable bonds is 5. The molecule has 0 unspecified atom stereocenters. The molecule has 0 bridgehead atoms. The minimum Gasteiger partial charge on any atom is -0.324 e. The Labute approximate surface area is 124 Å². The molecule has 4 heteroatoms. The maximum absolute atomic E-state index is 11.5. The third kappa shape index (κ3) is 2.85. The molecule has 1 heterocycles. The van der Waals surface area contributed by atoms with Gasteiger partial charge in [0.2, 0.25) is 0 Å². The van der Waals surface area contributed by atoms with Crippen LogP contribution in [0.15, 0.2) is 36.7 Å². The summed E-state index contributed by atoms with van der Waals surface area (Å²) in [6.45, 7) is 2.09. The van der Waals surface area contributed by atoms with Crippen molar-refractivity contribution in [1.29, 1.82) is 0 Å². The van der Waals surface area contributed by atoms with E-state index in [1.807, 2.05) is 0 Å². The average molecular weight is 281 g/mol. The van der Waals surface area contributed by atoms with Gasteiger partial charge in [-0.15, -0.1) is 0 Å². The molecule has 21 heavy (non-hydrogen) atoms. The van der Waals surface area contributed by atoms with Gasteiger partial charge < -0.3 is 5.73 Å². The van der Waals surface area contributed by atoms with Crippen LogP contribution in [0, 0.1) is 6.92 Å². The predicted octanol–water partition coefficient (Wildman–Crippen LogP) is 2.20. The van der Waals surface area contributed by atoms with Crippen LogP contribution in [0.4, 0.5) is 0 Å². The maximum atomic E-state index is 11.5. The number of hydrogen-bond acceptors (Lipinski definition) is 4. The molecule has 4 nitrogen and oxygen atoms in total. The van der Waals surface area contributed by atoms with E-state index in [1.165, 1.54) is 24.0 Å². The molecule has 0 radical (unpaired) electrons. The monoisotopic (exact) mass is 281 g/mol. The summed E-state index contributed by atoms with van der Waals surface area (Å²) in [6, 6.07) is 8.71. The van der Waals surface area contributed by atoms with Gasteiger partial charge in [0.15, 0.2) is 5.78 Å². The zero-order valence-electron chi connectivity index (χ0n) is 12.2. The highest BCUT2D eigenvalue weighted by Crippen LogP contribution is 2.50. The van der Waals surface area contributed by atoms with Gasteiger partial charge in [-0.25, -0.2) is 9.97 Å². The number of hydrogen-bond donors (Lipinski definition) is 1. The van der Waals surface area contributed by atoms with Crippen molar-refractivity contribution >= 4 is 5.78 Å². The van der Waals surface area contributed by atoms with Crippen molar-refractivity contribution in [3.63, 3.8) is 0 Å². The van der Waals surface area contributed by atoms with Crippen LogP contribution in [-0.2, 0) is 11.8 Å². The Kier molecular flexibility index (Phi) is 3.55. The topological polar surface area (TPSA) is 68.9 Å². The SMILES string of the molecule is Cc1ccc(C2(Cc3ncc(C(=O)CN)cn3)CC2)cc1. The highest BCUT2D eigenvalue weighted by molar-refractivity contribution is 5.96. The molecule has 108 valence electrons. The van der Waals surface area contributed by atoms with Gasteiger partial charge in [-0.1, -0.05) is 29.8 Å². The third-order valence-electron chi connectivity index (χ3n) is 4.23. The maximum Gasteiger partial charge on any atom is 0.179 e. The lowest BCUT2D eigenvalue weighted by Crippen LogP contribution is -2.16. The van der Waals surface area contributed by atoms with Gasteiger partial charge in [0, 0.05) is 24.2 Å². The lowest BCUT2D eigenvalue weighted by molar-refractivity contribution is 0.100. The lowest BCUT2D eigenvalue weighted by Gasteiger charge is -2.15. The number of benzene rings is 1. The molecule has 0 spiro atoms. The largest absolute Gasteiger partial charge is 0.324 e. The first-order valence-electron chi connectivity index (χ1n) is 7.24. The van der Waals surface area contributed by atoms with Crippen LogP contribution in [0.25, 0.3) is 0 Å². The number of nitrogens with two attached hydrogens (primary N) is 1. The van der Waals surface area contributed by atoms with E-state index in [1.54, 1.807) is 12.4 Å². The van der Waals surface area contributed by atoms with Crippen molar-refractivity contribution in [2.24, 2.45) is 5.73 Å². The zero-order chi connectivity index (χ0) is 14.9. The van der Waals surface area contributed by atoms with Crippen molar-refractivity contribution in [3.05, 3.63) is 59.2 Å². The van der Waals surface area contributed by atoms with Gasteiger partial charge in [0.25, 0.3) is 0 Å². The van der Waals surface area contributed by atoms with Gasteiger partial charge in [0.1, 0.15) is 5.82 Å². The van der Waals surface area contributed by atoms with Crippen LogP contribution in [0.1, 0.15) is 40.2 Å². The highest BCUT2D eigenvalue weighted by Gasteiger charge is 2.44. The highest BCUT2D eigenvalue weighted by atomic mass is 16.1. The fraction of sp³-hybridized carbons (Fsp3) is 0.353. The molecule has 2 N–H and O–H groups in total. The summed E-state index contributed by atoms with van der Waals surface area (Å²) in [4.78, 5) is 20.1. The molecular formula is C17H19N3O. The Bertz CT molecular complexity index is 643. The van der Waals surface area contributed by atoms with Crippen molar-refractivity contribution < 1.29 is 4.79 Å². The number of carbonyl (C=O) groups excluding carboxylic acids is 1. The molecule has 0 aliphatic heterocycles. The summed E-state index contributed by atoms with van der Waals surface area (Å²) in [5.41, 5.74) is 8.65. The van der Waals surface area contributed by atoms with Crippen molar-refractivity contribution in [3.8, 4) is 0 Å². The van der Waals surface area contributed by atoms with E-state index in [4.69, 9.17) is 5.73 Å². The number of ketones is 1. The van der Waals surface area contributed by atoms with Crippen LogP contribution >= 0.6 is 0 Å². The Balaban J connectivity index is 1.77. The molecule has 1 saturated carbocycles. The zero-order valence-corrected chi connectivity index (χ0v) is 12.2. The number of aryl methyl sites for hydroxylation is 1. The van der Waals surface area contributed by atoms with E-state index in [-0.39, 0.29) is 17.7 Å². The molecule has 1 aromatic heterocycles. The van der Waals surface area contributed by atoms with Gasteiger partial charge >= 0.3 is 0 Å². The summed E-state index contributed by atoms with van der Waals surface area (Å²) < 4.78 is 0. The molecule has 0 amide bonds. The lowest BCUT2D eigenvalue weighted by atomic mass is 9.91. The Morgan fingerprint density at radius 2 is 1.81 bits per heavy atom. The van der Waals surface area contributed by atoms with E-state index >= 15 is 0 Å². The molecule has 1 fully saturated rings. The van der Waals surface area contributed by atoms with Crippen LogP contribution in [-0.4, -0.2) is 22.3 Å². The van der Waals surface area contributed by atoms with Gasteiger partial charge in [0.05, 0.1) is 12.1 Å². The number of Topliss-reactive ketones (excluding diaryl/α,β-unsaturated/α-hetero) is 1. The van der Waals surface area contributed by atoms with Crippen molar-refractivity contribution in [2.75, 3.05) is 6.54 Å². The fourth-order valence-electron chi connectivity index (χ4n) is 2.64. The summed E-state index contributed by atoms with van der Waals surface area (Å²) in [5, 5.41) is 0. The normalized spacial score (nSPS) is 15.7. The minimum atomic E-state index is -0.124. The second-order valence-electron chi connectivity index (χ2n) is 5.84. The van der Waals surface area contributed by atoms with Crippen LogP contribution < -0.4 is 5.73 Å². The van der Waals surface area contributed by atoms with Gasteiger partial charge in [-0.3, -0.25) is 4.79 Å². The fourth-order valence-corrected chi connectivity index (χ4v) is 2.64. The van der Waals surface area contributed by atoms with E-state index in [9.17, 15) is 4.79 Å². The van der Waals surface area contributed by atoms with Crippen molar-refractivity contribution in [2.45, 2.75) is 31.6 Å². The predicted molar refractivity (Wildman–Crippen MR) is 81.2 cm³/mol. The first kappa shape index (κ1) is 13.9. The van der Waals surface area contributed by atoms with Crippen LogP contribution in [0.3, 0.4) is 0 Å². The van der Waals surface area contributed by atoms with Gasteiger partial charge in [-0.2, -0.15) is 0 Å². The van der Waals surface area contributed by atoms with Gasteiger partial charge in [-0.05, 0) is 25.3 Å². The van der Waals surface area contributed by atoms with E-state index in [0.29, 0.717) is 5.56 Å². The quantitative estimate of drug-likeness (QED) is 0.853.